The summed E-state index contributed by atoms with van der Waals surface area (Å²) in [7, 11) is 1.32. The number of ether oxygens (including phenoxy) is 1. The average molecular weight is 480 g/mol. The van der Waals surface area contributed by atoms with Crippen molar-refractivity contribution < 1.29 is 18.7 Å². The molecule has 8 nitrogen and oxygen atoms in total. The van der Waals surface area contributed by atoms with E-state index >= 15 is 0 Å². The van der Waals surface area contributed by atoms with Crippen LogP contribution in [-0.2, 0) is 16.1 Å². The Labute approximate surface area is 171 Å². The second kappa shape index (κ2) is 11.0. The zero-order valence-corrected chi connectivity index (χ0v) is 18.5. The molecule has 0 aliphatic carbocycles. The van der Waals surface area contributed by atoms with Gasteiger partial charge >= 0.3 is 5.97 Å². The molecule has 0 atom stereocenters. The van der Waals surface area contributed by atoms with Crippen LogP contribution in [0.4, 0.5) is 0 Å². The number of hydrogen-bond donors (Lipinski definition) is 3. The maximum absolute atomic E-state index is 11.9. The third-order valence-electron chi connectivity index (χ3n) is 3.04. The predicted molar refractivity (Wildman–Crippen MR) is 111 cm³/mol. The maximum Gasteiger partial charge on any atom is 0.341 e. The molecule has 0 aliphatic heterocycles. The van der Waals surface area contributed by atoms with E-state index in [4.69, 9.17) is 9.15 Å². The van der Waals surface area contributed by atoms with Gasteiger partial charge < -0.3 is 25.1 Å². The minimum Gasteiger partial charge on any atom is -0.465 e. The first-order valence-electron chi connectivity index (χ1n) is 8.17. The number of rotatable bonds is 6. The van der Waals surface area contributed by atoms with Crippen molar-refractivity contribution in [1.29, 1.82) is 0 Å². The van der Waals surface area contributed by atoms with E-state index in [1.54, 1.807) is 13.0 Å². The molecule has 0 unspecified atom stereocenters. The average Bonchev–Trinajstić information content (AvgIpc) is 2.88. The molecule has 3 N–H and O–H groups in total. The number of furan rings is 1. The van der Waals surface area contributed by atoms with E-state index in [1.807, 2.05) is 27.7 Å². The van der Waals surface area contributed by atoms with Crippen LogP contribution >= 0.6 is 24.0 Å². The maximum atomic E-state index is 11.9. The number of aryl methyl sites for hydroxylation is 1. The zero-order chi connectivity index (χ0) is 19.0. The lowest BCUT2D eigenvalue weighted by Crippen LogP contribution is -2.43. The number of amides is 1. The van der Waals surface area contributed by atoms with Gasteiger partial charge in [-0.05, 0) is 40.7 Å². The molecule has 1 aromatic heterocycles. The number of halogens is 1. The summed E-state index contributed by atoms with van der Waals surface area (Å²) in [5, 5.41) is 8.97. The molecular weight excluding hydrogens is 451 g/mol. The Kier molecular flexibility index (Phi) is 10.3. The SMILES string of the molecule is CCNC(=NCC(=O)NC(C)(C)C)NCc1cc(C(=O)OC)c(C)o1.I. The highest BCUT2D eigenvalue weighted by Crippen LogP contribution is 2.15. The van der Waals surface area contributed by atoms with Gasteiger partial charge in [0.25, 0.3) is 0 Å². The Bertz CT molecular complexity index is 635. The Hall–Kier alpha value is -1.78. The molecule has 0 bridgehead atoms. The summed E-state index contributed by atoms with van der Waals surface area (Å²) in [5.74, 6) is 0.955. The third kappa shape index (κ3) is 8.54. The van der Waals surface area contributed by atoms with Crippen molar-refractivity contribution in [3.63, 3.8) is 0 Å². The molecule has 1 heterocycles. The normalized spacial score (nSPS) is 11.4. The molecule has 0 saturated heterocycles. The quantitative estimate of drug-likeness (QED) is 0.249. The molecule has 148 valence electrons. The van der Waals surface area contributed by atoms with Crippen LogP contribution in [0, 0.1) is 6.92 Å². The van der Waals surface area contributed by atoms with Crippen molar-refractivity contribution in [3.8, 4) is 0 Å². The van der Waals surface area contributed by atoms with E-state index in [-0.39, 0.29) is 42.0 Å². The molecule has 1 rings (SSSR count). The van der Waals surface area contributed by atoms with Gasteiger partial charge in [-0.3, -0.25) is 4.79 Å². The van der Waals surface area contributed by atoms with Crippen LogP contribution in [0.5, 0.6) is 0 Å². The molecular formula is C17H29IN4O4. The van der Waals surface area contributed by atoms with Crippen molar-refractivity contribution in [3.05, 3.63) is 23.2 Å². The lowest BCUT2D eigenvalue weighted by molar-refractivity contribution is -0.121. The molecule has 0 fully saturated rings. The van der Waals surface area contributed by atoms with Gasteiger partial charge in [-0.1, -0.05) is 0 Å². The fourth-order valence-corrected chi connectivity index (χ4v) is 2.06. The first kappa shape index (κ1) is 24.2. The lowest BCUT2D eigenvalue weighted by Gasteiger charge is -2.20. The topological polar surface area (TPSA) is 105 Å². The summed E-state index contributed by atoms with van der Waals surface area (Å²) in [6.45, 7) is 10.4. The van der Waals surface area contributed by atoms with E-state index in [2.05, 4.69) is 20.9 Å². The highest BCUT2D eigenvalue weighted by molar-refractivity contribution is 14.0. The molecule has 1 amide bonds. The first-order valence-corrected chi connectivity index (χ1v) is 8.17. The minimum atomic E-state index is -0.438. The molecule has 0 radical (unpaired) electrons. The molecule has 9 heteroatoms. The summed E-state index contributed by atoms with van der Waals surface area (Å²) in [5.41, 5.74) is 0.0970. The van der Waals surface area contributed by atoms with Gasteiger partial charge in [0.2, 0.25) is 5.91 Å². The van der Waals surface area contributed by atoms with Crippen molar-refractivity contribution in [2.24, 2.45) is 4.99 Å². The summed E-state index contributed by atoms with van der Waals surface area (Å²) in [6.07, 6.45) is 0. The number of nitrogens with zero attached hydrogens (tertiary/aromatic N) is 1. The first-order chi connectivity index (χ1) is 11.7. The lowest BCUT2D eigenvalue weighted by atomic mass is 10.1. The summed E-state index contributed by atoms with van der Waals surface area (Å²) >= 11 is 0. The summed E-state index contributed by atoms with van der Waals surface area (Å²) < 4.78 is 10.2. The van der Waals surface area contributed by atoms with Crippen LogP contribution in [0.25, 0.3) is 0 Å². The molecule has 1 aromatic rings. The largest absolute Gasteiger partial charge is 0.465 e. The fourth-order valence-electron chi connectivity index (χ4n) is 2.06. The number of carbonyl (C=O) groups excluding carboxylic acids is 2. The smallest absolute Gasteiger partial charge is 0.341 e. The van der Waals surface area contributed by atoms with Gasteiger partial charge in [-0.15, -0.1) is 24.0 Å². The molecule has 26 heavy (non-hydrogen) atoms. The van der Waals surface area contributed by atoms with Crippen molar-refractivity contribution in [1.82, 2.24) is 16.0 Å². The van der Waals surface area contributed by atoms with Crippen LogP contribution in [-0.4, -0.2) is 43.6 Å². The molecule has 0 aromatic carbocycles. The number of hydrogen-bond acceptors (Lipinski definition) is 5. The van der Waals surface area contributed by atoms with Gasteiger partial charge in [0.15, 0.2) is 5.96 Å². The van der Waals surface area contributed by atoms with Crippen LogP contribution in [0.3, 0.4) is 0 Å². The highest BCUT2D eigenvalue weighted by Gasteiger charge is 2.16. The van der Waals surface area contributed by atoms with Gasteiger partial charge in [0.1, 0.15) is 23.6 Å². The van der Waals surface area contributed by atoms with Gasteiger partial charge in [0.05, 0.1) is 13.7 Å². The number of esters is 1. The van der Waals surface area contributed by atoms with E-state index < -0.39 is 5.97 Å². The van der Waals surface area contributed by atoms with Gasteiger partial charge in [-0.25, -0.2) is 9.79 Å². The number of carbonyl (C=O) groups is 2. The molecule has 0 aliphatic rings. The fraction of sp³-hybridized carbons (Fsp3) is 0.588. The predicted octanol–water partition coefficient (Wildman–Crippen LogP) is 1.96. The van der Waals surface area contributed by atoms with Crippen LogP contribution in [0.1, 0.15) is 49.6 Å². The second-order valence-electron chi connectivity index (χ2n) is 6.52. The molecule has 0 saturated carbocycles. The van der Waals surface area contributed by atoms with E-state index in [9.17, 15) is 9.59 Å². The number of aliphatic imine (C=N–C) groups is 1. The monoisotopic (exact) mass is 480 g/mol. The highest BCUT2D eigenvalue weighted by atomic mass is 127. The third-order valence-corrected chi connectivity index (χ3v) is 3.04. The number of methoxy groups -OCH3 is 1. The van der Waals surface area contributed by atoms with Crippen molar-refractivity contribution in [2.75, 3.05) is 20.2 Å². The van der Waals surface area contributed by atoms with Gasteiger partial charge in [-0.2, -0.15) is 0 Å². The van der Waals surface area contributed by atoms with Crippen molar-refractivity contribution >= 4 is 41.8 Å². The minimum absolute atomic E-state index is 0. The Morgan fingerprint density at radius 2 is 1.92 bits per heavy atom. The number of nitrogens with one attached hydrogen (secondary N) is 3. The second-order valence-corrected chi connectivity index (χ2v) is 6.52. The van der Waals surface area contributed by atoms with E-state index in [0.29, 0.717) is 36.1 Å². The Balaban J connectivity index is 0.00000625. The number of guanidine groups is 1. The molecule has 0 spiro atoms. The Morgan fingerprint density at radius 3 is 2.46 bits per heavy atom. The van der Waals surface area contributed by atoms with Crippen LogP contribution in [0.2, 0.25) is 0 Å². The zero-order valence-electron chi connectivity index (χ0n) is 16.2. The summed E-state index contributed by atoms with van der Waals surface area (Å²) in [4.78, 5) is 27.7. The van der Waals surface area contributed by atoms with Crippen LogP contribution < -0.4 is 16.0 Å². The van der Waals surface area contributed by atoms with Crippen LogP contribution in [0.15, 0.2) is 15.5 Å². The summed E-state index contributed by atoms with van der Waals surface area (Å²) in [6, 6.07) is 1.63. The van der Waals surface area contributed by atoms with Crippen molar-refractivity contribution in [2.45, 2.75) is 46.7 Å². The Morgan fingerprint density at radius 1 is 1.27 bits per heavy atom. The van der Waals surface area contributed by atoms with E-state index in [1.165, 1.54) is 7.11 Å². The van der Waals surface area contributed by atoms with Gasteiger partial charge in [0, 0.05) is 12.1 Å². The standard InChI is InChI=1S/C17H28N4O4.HI/c1-7-18-16(20-10-14(22)21-17(3,4)5)19-9-12-8-13(11(2)25-12)15(23)24-6;/h8H,7,9-10H2,1-6H3,(H,21,22)(H2,18,19,20);1H. The van der Waals surface area contributed by atoms with E-state index in [0.717, 1.165) is 0 Å².